The van der Waals surface area contributed by atoms with E-state index in [0.29, 0.717) is 35.6 Å². The molecule has 3 nitrogen and oxygen atoms in total. The minimum atomic E-state index is -0.292. The summed E-state index contributed by atoms with van der Waals surface area (Å²) < 4.78 is 19.5. The highest BCUT2D eigenvalue weighted by Gasteiger charge is 2.18. The zero-order valence-corrected chi connectivity index (χ0v) is 11.1. The van der Waals surface area contributed by atoms with Crippen molar-refractivity contribution in [2.24, 2.45) is 0 Å². The molecule has 1 heterocycles. The number of fused-ring (bicyclic) bond motifs is 1. The lowest BCUT2D eigenvalue weighted by atomic mass is 9.97. The van der Waals surface area contributed by atoms with Crippen molar-refractivity contribution in [1.29, 1.82) is 0 Å². The first-order chi connectivity index (χ1) is 9.66. The van der Waals surface area contributed by atoms with E-state index in [9.17, 15) is 9.18 Å². The Labute approximate surface area is 116 Å². The van der Waals surface area contributed by atoms with Gasteiger partial charge in [0.25, 0.3) is 5.91 Å². The summed E-state index contributed by atoms with van der Waals surface area (Å²) in [5.41, 5.74) is 2.48. The molecule has 2 aromatic rings. The molecule has 1 amide bonds. The first-order valence-electron chi connectivity index (χ1n) is 6.47. The molecule has 102 valence electrons. The van der Waals surface area contributed by atoms with Crippen LogP contribution in [-0.4, -0.2) is 19.1 Å². The third-order valence-corrected chi connectivity index (χ3v) is 3.38. The number of ether oxygens (including phenoxy) is 1. The van der Waals surface area contributed by atoms with Gasteiger partial charge in [0.15, 0.2) is 0 Å². The van der Waals surface area contributed by atoms with Gasteiger partial charge in [-0.1, -0.05) is 18.2 Å². The highest BCUT2D eigenvalue weighted by molar-refractivity contribution is 5.98. The largest absolute Gasteiger partial charge is 0.491 e. The number of benzene rings is 2. The Morgan fingerprint density at radius 1 is 1.25 bits per heavy atom. The first kappa shape index (κ1) is 12.7. The van der Waals surface area contributed by atoms with Crippen molar-refractivity contribution >= 4 is 5.91 Å². The summed E-state index contributed by atoms with van der Waals surface area (Å²) in [5, 5.41) is 2.75. The van der Waals surface area contributed by atoms with Gasteiger partial charge in [-0.05, 0) is 36.2 Å². The van der Waals surface area contributed by atoms with E-state index in [-0.39, 0.29) is 11.7 Å². The van der Waals surface area contributed by atoms with Crippen molar-refractivity contribution in [2.45, 2.75) is 6.92 Å². The van der Waals surface area contributed by atoms with E-state index < -0.39 is 0 Å². The van der Waals surface area contributed by atoms with Crippen LogP contribution < -0.4 is 10.1 Å². The summed E-state index contributed by atoms with van der Waals surface area (Å²) in [6.07, 6.45) is 0. The molecule has 0 saturated carbocycles. The average molecular weight is 271 g/mol. The Morgan fingerprint density at radius 3 is 2.90 bits per heavy atom. The lowest BCUT2D eigenvalue weighted by Gasteiger charge is -2.11. The highest BCUT2D eigenvalue weighted by Crippen LogP contribution is 2.31. The number of amides is 1. The quantitative estimate of drug-likeness (QED) is 0.866. The monoisotopic (exact) mass is 271 g/mol. The molecule has 3 rings (SSSR count). The van der Waals surface area contributed by atoms with E-state index in [1.807, 2.05) is 13.0 Å². The molecule has 1 N–H and O–H groups in total. The van der Waals surface area contributed by atoms with Crippen LogP contribution in [0.5, 0.6) is 5.75 Å². The maximum atomic E-state index is 14.0. The number of rotatable bonds is 1. The predicted molar refractivity (Wildman–Crippen MR) is 74.4 cm³/mol. The molecule has 1 aliphatic heterocycles. The van der Waals surface area contributed by atoms with Gasteiger partial charge < -0.3 is 10.1 Å². The molecule has 4 heteroatoms. The molecule has 0 spiro atoms. The smallest absolute Gasteiger partial charge is 0.255 e. The van der Waals surface area contributed by atoms with Crippen LogP contribution in [0.2, 0.25) is 0 Å². The molecule has 0 unspecified atom stereocenters. The van der Waals surface area contributed by atoms with Crippen LogP contribution in [0.25, 0.3) is 11.1 Å². The van der Waals surface area contributed by atoms with E-state index in [4.69, 9.17) is 4.74 Å². The fourth-order valence-corrected chi connectivity index (χ4v) is 2.41. The Morgan fingerprint density at radius 2 is 2.10 bits per heavy atom. The van der Waals surface area contributed by atoms with Gasteiger partial charge in [0.1, 0.15) is 18.2 Å². The van der Waals surface area contributed by atoms with Gasteiger partial charge in [0.05, 0.1) is 12.1 Å². The van der Waals surface area contributed by atoms with Crippen LogP contribution in [-0.2, 0) is 0 Å². The summed E-state index contributed by atoms with van der Waals surface area (Å²) in [5.74, 6) is 0.0611. The zero-order valence-electron chi connectivity index (χ0n) is 11.1. The maximum absolute atomic E-state index is 14.0. The van der Waals surface area contributed by atoms with E-state index in [2.05, 4.69) is 5.32 Å². The molecule has 0 radical (unpaired) electrons. The number of hydrogen-bond donors (Lipinski definition) is 1. The van der Waals surface area contributed by atoms with Crippen molar-refractivity contribution < 1.29 is 13.9 Å². The van der Waals surface area contributed by atoms with Gasteiger partial charge in [-0.25, -0.2) is 4.39 Å². The molecule has 0 aliphatic carbocycles. The number of hydrogen-bond acceptors (Lipinski definition) is 2. The second-order valence-electron chi connectivity index (χ2n) is 4.75. The number of halogens is 1. The van der Waals surface area contributed by atoms with Gasteiger partial charge >= 0.3 is 0 Å². The van der Waals surface area contributed by atoms with Gasteiger partial charge in [-0.2, -0.15) is 0 Å². The Hall–Kier alpha value is -2.36. The number of carbonyl (C=O) groups excluding carboxylic acids is 1. The molecular formula is C16H14FNO2. The van der Waals surface area contributed by atoms with Crippen molar-refractivity contribution in [2.75, 3.05) is 13.2 Å². The molecule has 1 aliphatic rings. The van der Waals surface area contributed by atoms with Crippen molar-refractivity contribution in [3.63, 3.8) is 0 Å². The Balaban J connectivity index is 2.15. The summed E-state index contributed by atoms with van der Waals surface area (Å²) in [4.78, 5) is 12.0. The fourth-order valence-electron chi connectivity index (χ4n) is 2.41. The molecular weight excluding hydrogens is 257 g/mol. The summed E-state index contributed by atoms with van der Waals surface area (Å²) >= 11 is 0. The van der Waals surface area contributed by atoms with E-state index in [1.165, 1.54) is 6.07 Å². The maximum Gasteiger partial charge on any atom is 0.255 e. The van der Waals surface area contributed by atoms with Crippen LogP contribution >= 0.6 is 0 Å². The van der Waals surface area contributed by atoms with Crippen LogP contribution in [0.15, 0.2) is 36.4 Å². The Bertz CT molecular complexity index is 662. The molecule has 0 aromatic heterocycles. The first-order valence-corrected chi connectivity index (χ1v) is 6.47. The summed E-state index contributed by atoms with van der Waals surface area (Å²) in [7, 11) is 0. The molecule has 2 aromatic carbocycles. The minimum absolute atomic E-state index is 0.187. The average Bonchev–Trinajstić information content (AvgIpc) is 2.61. The molecule has 20 heavy (non-hydrogen) atoms. The second-order valence-corrected chi connectivity index (χ2v) is 4.75. The van der Waals surface area contributed by atoms with Crippen molar-refractivity contribution in [3.8, 4) is 16.9 Å². The van der Waals surface area contributed by atoms with Gasteiger partial charge in [-0.3, -0.25) is 4.79 Å². The van der Waals surface area contributed by atoms with Crippen molar-refractivity contribution in [1.82, 2.24) is 5.32 Å². The standard InChI is InChI=1S/C16H14FNO2/c1-10-3-2-4-13(17)15(10)11-5-6-14-12(9-11)16(19)18-7-8-20-14/h2-6,9H,7-8H2,1H3,(H,18,19). The van der Waals surface area contributed by atoms with E-state index in [0.717, 1.165) is 5.56 Å². The van der Waals surface area contributed by atoms with Gasteiger partial charge in [0.2, 0.25) is 0 Å². The number of carbonyl (C=O) groups is 1. The lowest BCUT2D eigenvalue weighted by Crippen LogP contribution is -2.24. The van der Waals surface area contributed by atoms with Gasteiger partial charge in [-0.15, -0.1) is 0 Å². The van der Waals surface area contributed by atoms with E-state index >= 15 is 0 Å². The van der Waals surface area contributed by atoms with E-state index in [1.54, 1.807) is 24.3 Å². The number of aryl methyl sites for hydroxylation is 1. The molecule has 0 bridgehead atoms. The lowest BCUT2D eigenvalue weighted by molar-refractivity contribution is 0.0957. The van der Waals surface area contributed by atoms with Crippen LogP contribution in [0, 0.1) is 12.7 Å². The minimum Gasteiger partial charge on any atom is -0.491 e. The van der Waals surface area contributed by atoms with Crippen molar-refractivity contribution in [3.05, 3.63) is 53.3 Å². The highest BCUT2D eigenvalue weighted by atomic mass is 19.1. The SMILES string of the molecule is Cc1cccc(F)c1-c1ccc2c(c1)C(=O)NCCO2. The summed E-state index contributed by atoms with van der Waals surface area (Å²) in [6, 6.07) is 10.1. The van der Waals surface area contributed by atoms with Crippen LogP contribution in [0.3, 0.4) is 0 Å². The fraction of sp³-hybridized carbons (Fsp3) is 0.188. The summed E-state index contributed by atoms with van der Waals surface area (Å²) in [6.45, 7) is 2.76. The Kier molecular flexibility index (Phi) is 3.14. The topological polar surface area (TPSA) is 38.3 Å². The van der Waals surface area contributed by atoms with Gasteiger partial charge in [0, 0.05) is 5.56 Å². The normalized spacial score (nSPS) is 14.0. The zero-order chi connectivity index (χ0) is 14.1. The van der Waals surface area contributed by atoms with Crippen LogP contribution in [0.4, 0.5) is 4.39 Å². The molecule has 0 saturated heterocycles. The predicted octanol–water partition coefficient (Wildman–Crippen LogP) is 2.92. The number of nitrogens with one attached hydrogen (secondary N) is 1. The van der Waals surface area contributed by atoms with Crippen LogP contribution in [0.1, 0.15) is 15.9 Å². The third-order valence-electron chi connectivity index (χ3n) is 3.38. The molecule has 0 fully saturated rings. The third kappa shape index (κ3) is 2.13. The molecule has 0 atom stereocenters. The second kappa shape index (κ2) is 4.96.